The van der Waals surface area contributed by atoms with Gasteiger partial charge in [-0.2, -0.15) is 0 Å². The molecule has 7 N–H and O–H groups in total. The van der Waals surface area contributed by atoms with Gasteiger partial charge < -0.3 is 54.7 Å². The number of phenolic OH excluding ortho intramolecular Hbond substituents is 2. The number of aliphatic hydroxyl groups is 5. The van der Waals surface area contributed by atoms with Gasteiger partial charge in [0, 0.05) is 12.5 Å². The Morgan fingerprint density at radius 1 is 0.865 bits per heavy atom. The standard InChI is InChI=1S/C26H34O11/c1-34-19-6-12(3-4-17(19)29)22-15-8-18(30)20(35-2)7-13(15)5-14(16(22)9-27)11-36-26-25(33)24(32)23(31)21(10-28)37-26/h3-4,6-8,14,16,21-33H,5,9-11H2,1-2H3/t14-,16-,21+,22+,23+,24-,25+,26-/m0/s1. The van der Waals surface area contributed by atoms with E-state index in [-0.39, 0.29) is 42.1 Å². The molecule has 0 amide bonds. The van der Waals surface area contributed by atoms with E-state index in [4.69, 9.17) is 18.9 Å². The zero-order chi connectivity index (χ0) is 26.9. The van der Waals surface area contributed by atoms with E-state index in [0.29, 0.717) is 6.42 Å². The summed E-state index contributed by atoms with van der Waals surface area (Å²) in [5.74, 6) is -0.704. The van der Waals surface area contributed by atoms with Crippen LogP contribution < -0.4 is 9.47 Å². The van der Waals surface area contributed by atoms with Crippen LogP contribution in [-0.4, -0.2) is 100 Å². The fraction of sp³-hybridized carbons (Fsp3) is 0.538. The number of aromatic hydroxyl groups is 2. The molecule has 2 aromatic rings. The minimum absolute atomic E-state index is 0.00225. The predicted molar refractivity (Wildman–Crippen MR) is 129 cm³/mol. The zero-order valence-electron chi connectivity index (χ0n) is 20.6. The average Bonchev–Trinajstić information content (AvgIpc) is 2.90. The Bertz CT molecular complexity index is 1070. The van der Waals surface area contributed by atoms with Crippen LogP contribution in [0.5, 0.6) is 23.0 Å². The van der Waals surface area contributed by atoms with Crippen LogP contribution in [0.3, 0.4) is 0 Å². The SMILES string of the molecule is COc1cc([C@@H]2c3cc(O)c(OC)cc3C[C@@H](CO[C@H]3O[C@H](CO)[C@@H](O)[C@H](O)[C@H]3O)[C@@H]2CO)ccc1O. The quantitative estimate of drug-likeness (QED) is 0.245. The van der Waals surface area contributed by atoms with E-state index in [9.17, 15) is 35.7 Å². The van der Waals surface area contributed by atoms with Gasteiger partial charge in [-0.25, -0.2) is 0 Å². The number of hydrogen-bond donors (Lipinski definition) is 7. The molecule has 2 aliphatic rings. The summed E-state index contributed by atoms with van der Waals surface area (Å²) in [5, 5.41) is 71.1. The summed E-state index contributed by atoms with van der Waals surface area (Å²) in [4.78, 5) is 0. The Balaban J connectivity index is 1.68. The Morgan fingerprint density at radius 3 is 2.22 bits per heavy atom. The van der Waals surface area contributed by atoms with Crippen molar-refractivity contribution < 1.29 is 54.7 Å². The van der Waals surface area contributed by atoms with E-state index >= 15 is 0 Å². The van der Waals surface area contributed by atoms with Gasteiger partial charge in [-0.1, -0.05) is 6.07 Å². The van der Waals surface area contributed by atoms with E-state index in [1.54, 1.807) is 24.3 Å². The molecule has 1 fully saturated rings. The second kappa shape index (κ2) is 11.4. The molecule has 0 aromatic heterocycles. The second-order valence-corrected chi connectivity index (χ2v) is 9.47. The average molecular weight is 523 g/mol. The van der Waals surface area contributed by atoms with Crippen LogP contribution >= 0.6 is 0 Å². The van der Waals surface area contributed by atoms with Crippen molar-refractivity contribution in [2.45, 2.75) is 43.0 Å². The van der Waals surface area contributed by atoms with Crippen molar-refractivity contribution in [2.24, 2.45) is 11.8 Å². The summed E-state index contributed by atoms with van der Waals surface area (Å²) < 4.78 is 21.9. The van der Waals surface area contributed by atoms with Crippen molar-refractivity contribution in [3.05, 3.63) is 47.0 Å². The molecule has 11 heteroatoms. The third-order valence-corrected chi connectivity index (χ3v) is 7.39. The van der Waals surface area contributed by atoms with Crippen LogP contribution in [0.2, 0.25) is 0 Å². The monoisotopic (exact) mass is 522 g/mol. The lowest BCUT2D eigenvalue weighted by atomic mass is 9.67. The fourth-order valence-corrected chi connectivity index (χ4v) is 5.37. The Morgan fingerprint density at radius 2 is 1.57 bits per heavy atom. The summed E-state index contributed by atoms with van der Waals surface area (Å²) in [7, 11) is 2.88. The molecule has 1 heterocycles. The molecule has 0 spiro atoms. The number of rotatable bonds is 8. The lowest BCUT2D eigenvalue weighted by Gasteiger charge is -2.42. The number of methoxy groups -OCH3 is 2. The van der Waals surface area contributed by atoms with E-state index in [0.717, 1.165) is 16.7 Å². The third-order valence-electron chi connectivity index (χ3n) is 7.39. The number of phenols is 2. The highest BCUT2D eigenvalue weighted by Gasteiger charge is 2.45. The third kappa shape index (κ3) is 5.21. The first kappa shape index (κ1) is 27.4. The molecule has 1 aliphatic carbocycles. The van der Waals surface area contributed by atoms with Crippen molar-refractivity contribution in [3.8, 4) is 23.0 Å². The van der Waals surface area contributed by atoms with E-state index in [2.05, 4.69) is 0 Å². The maximum atomic E-state index is 10.5. The summed E-state index contributed by atoms with van der Waals surface area (Å²) in [5.41, 5.74) is 2.35. The van der Waals surface area contributed by atoms with E-state index in [1.165, 1.54) is 20.3 Å². The van der Waals surface area contributed by atoms with Gasteiger partial charge in [0.2, 0.25) is 0 Å². The molecule has 1 aliphatic heterocycles. The number of fused-ring (bicyclic) bond motifs is 1. The van der Waals surface area contributed by atoms with E-state index in [1.807, 2.05) is 0 Å². The van der Waals surface area contributed by atoms with Crippen LogP contribution in [0, 0.1) is 11.8 Å². The number of aliphatic hydroxyl groups excluding tert-OH is 5. The number of ether oxygens (including phenoxy) is 4. The highest BCUT2D eigenvalue weighted by molar-refractivity contribution is 5.53. The molecule has 1 saturated heterocycles. The van der Waals surface area contributed by atoms with Gasteiger partial charge in [0.15, 0.2) is 29.3 Å². The molecular formula is C26H34O11. The van der Waals surface area contributed by atoms with Gasteiger partial charge >= 0.3 is 0 Å². The summed E-state index contributed by atoms with van der Waals surface area (Å²) in [6, 6.07) is 8.23. The highest BCUT2D eigenvalue weighted by atomic mass is 16.7. The van der Waals surface area contributed by atoms with Crippen LogP contribution in [-0.2, 0) is 15.9 Å². The van der Waals surface area contributed by atoms with Crippen LogP contribution in [0.15, 0.2) is 30.3 Å². The van der Waals surface area contributed by atoms with Crippen molar-refractivity contribution in [1.82, 2.24) is 0 Å². The van der Waals surface area contributed by atoms with Crippen molar-refractivity contribution in [1.29, 1.82) is 0 Å². The Kier molecular flexibility index (Phi) is 8.44. The van der Waals surface area contributed by atoms with Gasteiger partial charge in [0.25, 0.3) is 0 Å². The molecule has 0 radical (unpaired) electrons. The van der Waals surface area contributed by atoms with Crippen LogP contribution in [0.25, 0.3) is 0 Å². The Hall–Kier alpha value is -2.64. The first-order chi connectivity index (χ1) is 17.7. The van der Waals surface area contributed by atoms with Crippen molar-refractivity contribution in [2.75, 3.05) is 34.0 Å². The minimum atomic E-state index is -1.57. The molecule has 4 rings (SSSR count). The van der Waals surface area contributed by atoms with Gasteiger partial charge in [0.1, 0.15) is 24.4 Å². The summed E-state index contributed by atoms with van der Waals surface area (Å²) in [6.45, 7) is -0.819. The molecule has 204 valence electrons. The molecular weight excluding hydrogens is 488 g/mol. The smallest absolute Gasteiger partial charge is 0.186 e. The summed E-state index contributed by atoms with van der Waals surface area (Å²) >= 11 is 0. The second-order valence-electron chi connectivity index (χ2n) is 9.47. The zero-order valence-corrected chi connectivity index (χ0v) is 20.6. The number of hydrogen-bond acceptors (Lipinski definition) is 11. The maximum absolute atomic E-state index is 10.5. The molecule has 8 atom stereocenters. The van der Waals surface area contributed by atoms with Crippen LogP contribution in [0.4, 0.5) is 0 Å². The molecule has 0 bridgehead atoms. The topological polar surface area (TPSA) is 179 Å². The highest BCUT2D eigenvalue weighted by Crippen LogP contribution is 2.48. The minimum Gasteiger partial charge on any atom is -0.504 e. The van der Waals surface area contributed by atoms with Crippen LogP contribution in [0.1, 0.15) is 22.6 Å². The summed E-state index contributed by atoms with van der Waals surface area (Å²) in [6.07, 6.45) is -6.59. The maximum Gasteiger partial charge on any atom is 0.186 e. The predicted octanol–water partition coefficient (Wildman–Crippen LogP) is -0.156. The van der Waals surface area contributed by atoms with Crippen molar-refractivity contribution in [3.63, 3.8) is 0 Å². The fourth-order valence-electron chi connectivity index (χ4n) is 5.37. The first-order valence-electron chi connectivity index (χ1n) is 12.0. The molecule has 2 aromatic carbocycles. The molecule has 37 heavy (non-hydrogen) atoms. The molecule has 11 nitrogen and oxygen atoms in total. The van der Waals surface area contributed by atoms with Gasteiger partial charge in [-0.05, 0) is 59.2 Å². The molecule has 0 unspecified atom stereocenters. The number of benzene rings is 2. The lowest BCUT2D eigenvalue weighted by Crippen LogP contribution is -2.59. The first-order valence-corrected chi connectivity index (χ1v) is 12.0. The van der Waals surface area contributed by atoms with Gasteiger partial charge in [0.05, 0.1) is 27.4 Å². The normalized spacial score (nSPS) is 31.5. The van der Waals surface area contributed by atoms with E-state index < -0.39 is 49.1 Å². The molecule has 0 saturated carbocycles. The largest absolute Gasteiger partial charge is 0.504 e. The van der Waals surface area contributed by atoms with Crippen molar-refractivity contribution >= 4 is 0 Å². The lowest BCUT2D eigenvalue weighted by molar-refractivity contribution is -0.304. The van der Waals surface area contributed by atoms with Gasteiger partial charge in [-0.3, -0.25) is 0 Å². The Labute approximate surface area is 214 Å². The van der Waals surface area contributed by atoms with Gasteiger partial charge in [-0.15, -0.1) is 0 Å².